The van der Waals surface area contributed by atoms with E-state index in [0.717, 1.165) is 5.47 Å². The monoisotopic (exact) mass is 207 g/mol. The largest absolute Gasteiger partial charge is 0.496 e. The molecule has 0 atom stereocenters. The summed E-state index contributed by atoms with van der Waals surface area (Å²) < 4.78 is 11.6. The van der Waals surface area contributed by atoms with Crippen LogP contribution in [0, 0.1) is 0 Å². The molecule has 1 aliphatic heterocycles. The molecular weight excluding hydrogens is 189 g/mol. The molecule has 1 rings (SSSR count). The van der Waals surface area contributed by atoms with Crippen LogP contribution < -0.4 is 0 Å². The lowest BCUT2D eigenvalue weighted by Crippen LogP contribution is -2.41. The predicted octanol–water partition coefficient (Wildman–Crippen LogP) is 2.39. The average Bonchev–Trinajstić information content (AvgIpc) is 2.32. The molecule has 0 bridgehead atoms. The summed E-state index contributed by atoms with van der Waals surface area (Å²) in [5, 5.41) is 0. The summed E-state index contributed by atoms with van der Waals surface area (Å²) in [4.78, 5) is 3.70. The SMILES string of the molecule is C=CC(=CN=C)B1OC(C)(C)C(C)(C)O1. The molecule has 0 unspecified atom stereocenters. The highest BCUT2D eigenvalue weighted by molar-refractivity contribution is 6.55. The van der Waals surface area contributed by atoms with Gasteiger partial charge in [-0.15, -0.1) is 0 Å². The Hall–Kier alpha value is -0.865. The molecule has 3 nitrogen and oxygen atoms in total. The van der Waals surface area contributed by atoms with Crippen LogP contribution in [0.25, 0.3) is 0 Å². The first-order chi connectivity index (χ1) is 6.84. The predicted molar refractivity (Wildman–Crippen MR) is 63.9 cm³/mol. The maximum Gasteiger partial charge on any atom is 0.496 e. The van der Waals surface area contributed by atoms with Gasteiger partial charge in [0.1, 0.15) is 0 Å². The first-order valence-electron chi connectivity index (χ1n) is 4.98. The lowest BCUT2D eigenvalue weighted by atomic mass is 9.79. The molecule has 4 heteroatoms. The highest BCUT2D eigenvalue weighted by Crippen LogP contribution is 2.38. The molecule has 0 aromatic rings. The first kappa shape index (κ1) is 12.2. The summed E-state index contributed by atoms with van der Waals surface area (Å²) in [7, 11) is -0.405. The van der Waals surface area contributed by atoms with E-state index in [4.69, 9.17) is 9.31 Å². The summed E-state index contributed by atoms with van der Waals surface area (Å²) in [5.41, 5.74) is 0.130. The van der Waals surface area contributed by atoms with Gasteiger partial charge in [0, 0.05) is 11.7 Å². The molecule has 82 valence electrons. The Labute approximate surface area is 92.0 Å². The summed E-state index contributed by atoms with van der Waals surface area (Å²) in [6.07, 6.45) is 3.28. The minimum atomic E-state index is -0.405. The van der Waals surface area contributed by atoms with Gasteiger partial charge in [0.2, 0.25) is 0 Å². The van der Waals surface area contributed by atoms with E-state index in [1.165, 1.54) is 0 Å². The lowest BCUT2D eigenvalue weighted by molar-refractivity contribution is 0.00578. The van der Waals surface area contributed by atoms with Crippen LogP contribution in [0.4, 0.5) is 0 Å². The molecule has 15 heavy (non-hydrogen) atoms. The van der Waals surface area contributed by atoms with Gasteiger partial charge in [0.05, 0.1) is 11.2 Å². The number of hydrogen-bond donors (Lipinski definition) is 0. The van der Waals surface area contributed by atoms with E-state index in [0.29, 0.717) is 0 Å². The van der Waals surface area contributed by atoms with Crippen molar-refractivity contribution in [2.75, 3.05) is 0 Å². The molecule has 0 amide bonds. The molecule has 1 saturated heterocycles. The van der Waals surface area contributed by atoms with Crippen LogP contribution in [0.2, 0.25) is 0 Å². The Morgan fingerprint density at radius 3 is 2.00 bits per heavy atom. The third-order valence-corrected chi connectivity index (χ3v) is 3.00. The van der Waals surface area contributed by atoms with Crippen molar-refractivity contribution < 1.29 is 9.31 Å². The topological polar surface area (TPSA) is 30.8 Å². The van der Waals surface area contributed by atoms with Gasteiger partial charge < -0.3 is 9.31 Å². The second-order valence-corrected chi connectivity index (χ2v) is 4.60. The van der Waals surface area contributed by atoms with Gasteiger partial charge in [0.25, 0.3) is 0 Å². The number of allylic oxidation sites excluding steroid dienone is 2. The number of rotatable bonds is 3. The molecule has 1 heterocycles. The van der Waals surface area contributed by atoms with Crippen LogP contribution in [-0.2, 0) is 9.31 Å². The van der Waals surface area contributed by atoms with Gasteiger partial charge in [-0.3, -0.25) is 4.99 Å². The molecule has 1 aliphatic rings. The average molecular weight is 207 g/mol. The van der Waals surface area contributed by atoms with Crippen LogP contribution in [0.15, 0.2) is 29.3 Å². The van der Waals surface area contributed by atoms with Crippen molar-refractivity contribution in [3.8, 4) is 0 Å². The maximum absolute atomic E-state index is 5.82. The summed E-state index contributed by atoms with van der Waals surface area (Å²) in [5.74, 6) is 0. The third-order valence-electron chi connectivity index (χ3n) is 3.00. The fraction of sp³-hybridized carbons (Fsp3) is 0.545. The molecule has 0 aliphatic carbocycles. The summed E-state index contributed by atoms with van der Waals surface area (Å²) in [6, 6.07) is 0. The highest BCUT2D eigenvalue weighted by atomic mass is 16.7. The van der Waals surface area contributed by atoms with Gasteiger partial charge in [-0.25, -0.2) is 0 Å². The second-order valence-electron chi connectivity index (χ2n) is 4.60. The van der Waals surface area contributed by atoms with E-state index in [9.17, 15) is 0 Å². The minimum Gasteiger partial charge on any atom is -0.399 e. The van der Waals surface area contributed by atoms with Crippen molar-refractivity contribution in [2.45, 2.75) is 38.9 Å². The van der Waals surface area contributed by atoms with Crippen LogP contribution >= 0.6 is 0 Å². The molecule has 0 radical (unpaired) electrons. The van der Waals surface area contributed by atoms with Gasteiger partial charge in [-0.2, -0.15) is 0 Å². The fourth-order valence-electron chi connectivity index (χ4n) is 1.29. The van der Waals surface area contributed by atoms with E-state index in [1.807, 2.05) is 27.7 Å². The molecule has 1 fully saturated rings. The quantitative estimate of drug-likeness (QED) is 0.404. The molecule has 0 N–H and O–H groups in total. The summed E-state index contributed by atoms with van der Waals surface area (Å²) in [6.45, 7) is 15.1. The van der Waals surface area contributed by atoms with Crippen molar-refractivity contribution >= 4 is 13.8 Å². The van der Waals surface area contributed by atoms with Crippen LogP contribution in [0.1, 0.15) is 27.7 Å². The second kappa shape index (κ2) is 3.95. The Morgan fingerprint density at radius 2 is 1.67 bits per heavy atom. The Balaban J connectivity index is 2.91. The van der Waals surface area contributed by atoms with Gasteiger partial charge >= 0.3 is 7.12 Å². The third kappa shape index (κ3) is 2.21. The first-order valence-corrected chi connectivity index (χ1v) is 4.98. The Morgan fingerprint density at radius 1 is 1.20 bits per heavy atom. The number of nitrogens with zero attached hydrogens (tertiary/aromatic N) is 1. The Kier molecular flexibility index (Phi) is 3.21. The smallest absolute Gasteiger partial charge is 0.399 e. The zero-order valence-electron chi connectivity index (χ0n) is 9.91. The molecule has 0 spiro atoms. The van der Waals surface area contributed by atoms with E-state index in [2.05, 4.69) is 18.3 Å². The molecule has 0 aromatic carbocycles. The zero-order chi connectivity index (χ0) is 11.7. The van der Waals surface area contributed by atoms with Gasteiger partial charge in [0.15, 0.2) is 0 Å². The number of aliphatic imine (C=N–C) groups is 1. The maximum atomic E-state index is 5.82. The van der Waals surface area contributed by atoms with E-state index in [-0.39, 0.29) is 11.2 Å². The van der Waals surface area contributed by atoms with Crippen molar-refractivity contribution in [3.05, 3.63) is 24.3 Å². The number of hydrogen-bond acceptors (Lipinski definition) is 3. The van der Waals surface area contributed by atoms with Crippen molar-refractivity contribution in [1.82, 2.24) is 0 Å². The molecule has 0 saturated carbocycles. The van der Waals surface area contributed by atoms with Crippen LogP contribution in [-0.4, -0.2) is 25.0 Å². The minimum absolute atomic E-state index is 0.332. The van der Waals surface area contributed by atoms with Crippen molar-refractivity contribution in [2.24, 2.45) is 4.99 Å². The van der Waals surface area contributed by atoms with Crippen LogP contribution in [0.3, 0.4) is 0 Å². The standard InChI is InChI=1S/C11H18BNO2/c1-7-9(8-13-6)12-14-10(2,3)11(4,5)15-12/h7-8H,1,6H2,2-5H3. The van der Waals surface area contributed by atoms with E-state index >= 15 is 0 Å². The molecule has 0 aromatic heterocycles. The molecular formula is C11H18BNO2. The lowest BCUT2D eigenvalue weighted by Gasteiger charge is -2.32. The Bertz CT molecular complexity index is 292. The normalized spacial score (nSPS) is 24.0. The zero-order valence-corrected chi connectivity index (χ0v) is 9.91. The van der Waals surface area contributed by atoms with Gasteiger partial charge in [-0.1, -0.05) is 12.7 Å². The van der Waals surface area contributed by atoms with E-state index in [1.54, 1.807) is 12.3 Å². The highest BCUT2D eigenvalue weighted by Gasteiger charge is 2.51. The fourth-order valence-corrected chi connectivity index (χ4v) is 1.29. The van der Waals surface area contributed by atoms with Crippen molar-refractivity contribution in [1.29, 1.82) is 0 Å². The van der Waals surface area contributed by atoms with Gasteiger partial charge in [-0.05, 0) is 34.4 Å². The van der Waals surface area contributed by atoms with E-state index < -0.39 is 7.12 Å². The summed E-state index contributed by atoms with van der Waals surface area (Å²) >= 11 is 0. The van der Waals surface area contributed by atoms with Crippen molar-refractivity contribution in [3.63, 3.8) is 0 Å². The van der Waals surface area contributed by atoms with Crippen LogP contribution in [0.5, 0.6) is 0 Å².